The molecule has 0 bridgehead atoms. The monoisotopic (exact) mass is 277 g/mol. The van der Waals surface area contributed by atoms with Crippen LogP contribution in [-0.4, -0.2) is 18.0 Å². The number of rotatable bonds is 3. The second kappa shape index (κ2) is 5.58. The van der Waals surface area contributed by atoms with Crippen LogP contribution >= 0.6 is 11.6 Å². The van der Waals surface area contributed by atoms with E-state index in [0.717, 1.165) is 0 Å². The van der Waals surface area contributed by atoms with Gasteiger partial charge in [-0.25, -0.2) is 4.98 Å². The van der Waals surface area contributed by atoms with Crippen LogP contribution in [0.3, 0.4) is 0 Å². The molecular formula is C13H12ClN3O2. The van der Waals surface area contributed by atoms with Crippen molar-refractivity contribution >= 4 is 28.9 Å². The summed E-state index contributed by atoms with van der Waals surface area (Å²) in [5.74, 6) is 0.236. The number of pyridine rings is 1. The number of aromatic nitrogens is 1. The van der Waals surface area contributed by atoms with Gasteiger partial charge >= 0.3 is 0 Å². The third kappa shape index (κ3) is 3.14. The second-order valence-corrected chi connectivity index (χ2v) is 4.18. The van der Waals surface area contributed by atoms with Gasteiger partial charge in [0.2, 0.25) is 0 Å². The first kappa shape index (κ1) is 13.2. The molecule has 2 rings (SSSR count). The number of halogens is 1. The molecule has 0 aliphatic rings. The summed E-state index contributed by atoms with van der Waals surface area (Å²) in [7, 11) is 1.54. The molecule has 1 aromatic heterocycles. The minimum atomic E-state index is -0.366. The molecule has 1 heterocycles. The number of nitrogen functional groups attached to an aromatic ring is 1. The lowest BCUT2D eigenvalue weighted by atomic mass is 10.2. The Bertz CT molecular complexity index is 599. The smallest absolute Gasteiger partial charge is 0.274 e. The van der Waals surface area contributed by atoms with Crippen molar-refractivity contribution in [3.8, 4) is 5.75 Å². The van der Waals surface area contributed by atoms with Crippen LogP contribution in [0.25, 0.3) is 0 Å². The molecule has 0 radical (unpaired) electrons. The summed E-state index contributed by atoms with van der Waals surface area (Å²) in [6.45, 7) is 0. The number of carbonyl (C=O) groups excluding carboxylic acids is 1. The SMILES string of the molecule is COc1ccc(Cl)c(NC(=O)c2ccc(N)cn2)c1. The second-order valence-electron chi connectivity index (χ2n) is 3.78. The number of nitrogens with two attached hydrogens (primary N) is 1. The van der Waals surface area contributed by atoms with Crippen molar-refractivity contribution in [2.75, 3.05) is 18.2 Å². The van der Waals surface area contributed by atoms with Crippen molar-refractivity contribution in [3.05, 3.63) is 47.2 Å². The standard InChI is InChI=1S/C13H12ClN3O2/c1-19-9-3-4-10(14)12(6-9)17-13(18)11-5-2-8(15)7-16-11/h2-7H,15H2,1H3,(H,17,18). The van der Waals surface area contributed by atoms with Gasteiger partial charge in [0.15, 0.2) is 0 Å². The molecule has 3 N–H and O–H groups in total. The summed E-state index contributed by atoms with van der Waals surface area (Å²) in [4.78, 5) is 15.9. The quantitative estimate of drug-likeness (QED) is 0.904. The average molecular weight is 278 g/mol. The van der Waals surface area contributed by atoms with Gasteiger partial charge in [-0.15, -0.1) is 0 Å². The lowest BCUT2D eigenvalue weighted by Gasteiger charge is -2.08. The van der Waals surface area contributed by atoms with Crippen molar-refractivity contribution in [2.45, 2.75) is 0 Å². The topological polar surface area (TPSA) is 77.2 Å². The van der Waals surface area contributed by atoms with Gasteiger partial charge in [-0.1, -0.05) is 11.6 Å². The average Bonchev–Trinajstić information content (AvgIpc) is 2.42. The van der Waals surface area contributed by atoms with Crippen LogP contribution in [0.15, 0.2) is 36.5 Å². The number of anilines is 2. The molecular weight excluding hydrogens is 266 g/mol. The van der Waals surface area contributed by atoms with Gasteiger partial charge in [0, 0.05) is 6.07 Å². The summed E-state index contributed by atoms with van der Waals surface area (Å²) in [6, 6.07) is 8.14. The molecule has 0 fully saturated rings. The summed E-state index contributed by atoms with van der Waals surface area (Å²) >= 11 is 6.00. The minimum Gasteiger partial charge on any atom is -0.497 e. The largest absolute Gasteiger partial charge is 0.497 e. The number of methoxy groups -OCH3 is 1. The number of nitrogens with zero attached hydrogens (tertiary/aromatic N) is 1. The number of amides is 1. The van der Waals surface area contributed by atoms with Gasteiger partial charge in [0.25, 0.3) is 5.91 Å². The Morgan fingerprint density at radius 2 is 2.16 bits per heavy atom. The molecule has 1 amide bonds. The molecule has 0 aliphatic heterocycles. The van der Waals surface area contributed by atoms with Crippen LogP contribution < -0.4 is 15.8 Å². The highest BCUT2D eigenvalue weighted by Gasteiger charge is 2.10. The number of benzene rings is 1. The lowest BCUT2D eigenvalue weighted by molar-refractivity contribution is 0.102. The Morgan fingerprint density at radius 3 is 2.79 bits per heavy atom. The number of hydrogen-bond donors (Lipinski definition) is 2. The normalized spacial score (nSPS) is 10.0. The molecule has 0 atom stereocenters. The molecule has 2 aromatic rings. The van der Waals surface area contributed by atoms with E-state index in [1.54, 1.807) is 30.3 Å². The van der Waals surface area contributed by atoms with E-state index in [0.29, 0.717) is 22.1 Å². The van der Waals surface area contributed by atoms with Crippen LogP contribution in [0.2, 0.25) is 5.02 Å². The molecule has 5 nitrogen and oxygen atoms in total. The summed E-state index contributed by atoms with van der Waals surface area (Å²) in [6.07, 6.45) is 1.42. The van der Waals surface area contributed by atoms with Gasteiger partial charge < -0.3 is 15.8 Å². The summed E-state index contributed by atoms with van der Waals surface area (Å²) < 4.78 is 5.07. The zero-order valence-electron chi connectivity index (χ0n) is 10.2. The molecule has 6 heteroatoms. The molecule has 0 saturated heterocycles. The first-order valence-corrected chi connectivity index (χ1v) is 5.84. The van der Waals surface area contributed by atoms with Gasteiger partial charge in [0.05, 0.1) is 29.7 Å². The predicted molar refractivity (Wildman–Crippen MR) is 74.6 cm³/mol. The number of ether oxygens (including phenoxy) is 1. The van der Waals surface area contributed by atoms with E-state index in [1.165, 1.54) is 13.3 Å². The number of nitrogens with one attached hydrogen (secondary N) is 1. The van der Waals surface area contributed by atoms with E-state index in [4.69, 9.17) is 22.1 Å². The van der Waals surface area contributed by atoms with Crippen LogP contribution in [0, 0.1) is 0 Å². The Kier molecular flexibility index (Phi) is 3.87. The molecule has 0 unspecified atom stereocenters. The van der Waals surface area contributed by atoms with E-state index in [-0.39, 0.29) is 11.6 Å². The maximum atomic E-state index is 12.0. The van der Waals surface area contributed by atoms with Crippen molar-refractivity contribution in [2.24, 2.45) is 0 Å². The fraction of sp³-hybridized carbons (Fsp3) is 0.0769. The fourth-order valence-corrected chi connectivity index (χ4v) is 1.62. The number of carbonyl (C=O) groups is 1. The zero-order valence-corrected chi connectivity index (χ0v) is 10.9. The van der Waals surface area contributed by atoms with Gasteiger partial charge in [-0.2, -0.15) is 0 Å². The van der Waals surface area contributed by atoms with Gasteiger partial charge in [-0.05, 0) is 24.3 Å². The van der Waals surface area contributed by atoms with Crippen LogP contribution in [0.4, 0.5) is 11.4 Å². The van der Waals surface area contributed by atoms with E-state index in [2.05, 4.69) is 10.3 Å². The Labute approximate surface area is 115 Å². The van der Waals surface area contributed by atoms with E-state index in [9.17, 15) is 4.79 Å². The molecule has 0 saturated carbocycles. The van der Waals surface area contributed by atoms with Crippen molar-refractivity contribution < 1.29 is 9.53 Å². The predicted octanol–water partition coefficient (Wildman–Crippen LogP) is 2.58. The minimum absolute atomic E-state index is 0.257. The highest BCUT2D eigenvalue weighted by Crippen LogP contribution is 2.26. The van der Waals surface area contributed by atoms with Gasteiger partial charge in [-0.3, -0.25) is 4.79 Å². The van der Waals surface area contributed by atoms with E-state index < -0.39 is 0 Å². The first-order valence-electron chi connectivity index (χ1n) is 5.46. The Hall–Kier alpha value is -2.27. The van der Waals surface area contributed by atoms with Gasteiger partial charge in [0.1, 0.15) is 11.4 Å². The van der Waals surface area contributed by atoms with E-state index in [1.807, 2.05) is 0 Å². The van der Waals surface area contributed by atoms with Crippen LogP contribution in [0.1, 0.15) is 10.5 Å². The van der Waals surface area contributed by atoms with E-state index >= 15 is 0 Å². The molecule has 19 heavy (non-hydrogen) atoms. The molecule has 98 valence electrons. The third-order valence-corrected chi connectivity index (χ3v) is 2.77. The molecule has 0 spiro atoms. The maximum absolute atomic E-state index is 12.0. The number of hydrogen-bond acceptors (Lipinski definition) is 4. The van der Waals surface area contributed by atoms with Crippen LogP contribution in [0.5, 0.6) is 5.75 Å². The maximum Gasteiger partial charge on any atom is 0.274 e. The van der Waals surface area contributed by atoms with Crippen molar-refractivity contribution in [3.63, 3.8) is 0 Å². The molecule has 1 aromatic carbocycles. The summed E-state index contributed by atoms with van der Waals surface area (Å²) in [5.41, 5.74) is 6.73. The highest BCUT2D eigenvalue weighted by atomic mass is 35.5. The van der Waals surface area contributed by atoms with Crippen molar-refractivity contribution in [1.82, 2.24) is 4.98 Å². The summed E-state index contributed by atoms with van der Waals surface area (Å²) in [5, 5.41) is 3.09. The Balaban J connectivity index is 2.21. The van der Waals surface area contributed by atoms with Crippen LogP contribution in [-0.2, 0) is 0 Å². The zero-order chi connectivity index (χ0) is 13.8. The first-order chi connectivity index (χ1) is 9.10. The Morgan fingerprint density at radius 1 is 1.37 bits per heavy atom. The fourth-order valence-electron chi connectivity index (χ4n) is 1.45. The molecule has 0 aliphatic carbocycles. The highest BCUT2D eigenvalue weighted by molar-refractivity contribution is 6.34. The third-order valence-electron chi connectivity index (χ3n) is 2.44. The van der Waals surface area contributed by atoms with Crippen molar-refractivity contribution in [1.29, 1.82) is 0 Å². The lowest BCUT2D eigenvalue weighted by Crippen LogP contribution is -2.14.